The van der Waals surface area contributed by atoms with E-state index in [-0.39, 0.29) is 11.7 Å². The van der Waals surface area contributed by atoms with Gasteiger partial charge < -0.3 is 16.0 Å². The fourth-order valence-electron chi connectivity index (χ4n) is 2.55. The largest absolute Gasteiger partial charge is 0.366 e. The Balaban J connectivity index is 1.73. The molecule has 0 atom stereocenters. The van der Waals surface area contributed by atoms with Crippen LogP contribution in [0.2, 0.25) is 0 Å². The lowest BCUT2D eigenvalue weighted by atomic mass is 10.2. The monoisotopic (exact) mass is 365 g/mol. The highest BCUT2D eigenvalue weighted by molar-refractivity contribution is 5.89. The van der Waals surface area contributed by atoms with Crippen LogP contribution in [0.1, 0.15) is 18.2 Å². The van der Waals surface area contributed by atoms with Crippen molar-refractivity contribution in [2.45, 2.75) is 20.4 Å². The first-order valence-electron chi connectivity index (χ1n) is 8.47. The van der Waals surface area contributed by atoms with Crippen LogP contribution in [0.3, 0.4) is 0 Å². The van der Waals surface area contributed by atoms with Gasteiger partial charge in [0.2, 0.25) is 11.9 Å². The molecule has 1 aromatic heterocycles. The van der Waals surface area contributed by atoms with E-state index in [4.69, 9.17) is 0 Å². The Kier molecular flexibility index (Phi) is 5.61. The number of aryl methyl sites for hydroxylation is 1. The third-order valence-corrected chi connectivity index (χ3v) is 3.71. The Bertz CT molecular complexity index is 961. The summed E-state index contributed by atoms with van der Waals surface area (Å²) in [4.78, 5) is 20.0. The highest BCUT2D eigenvalue weighted by Gasteiger charge is 2.06. The van der Waals surface area contributed by atoms with E-state index in [9.17, 15) is 9.18 Å². The summed E-state index contributed by atoms with van der Waals surface area (Å²) in [6.07, 6.45) is 0. The fraction of sp³-hybridized carbons (Fsp3) is 0.150. The Morgan fingerprint density at radius 2 is 1.81 bits per heavy atom. The van der Waals surface area contributed by atoms with E-state index in [2.05, 4.69) is 25.9 Å². The first-order chi connectivity index (χ1) is 13.0. The molecule has 1 amide bonds. The van der Waals surface area contributed by atoms with Crippen molar-refractivity contribution in [2.24, 2.45) is 0 Å². The lowest BCUT2D eigenvalue weighted by molar-refractivity contribution is -0.114. The minimum atomic E-state index is -0.260. The highest BCUT2D eigenvalue weighted by Crippen LogP contribution is 2.20. The van der Waals surface area contributed by atoms with Gasteiger partial charge in [-0.2, -0.15) is 4.98 Å². The second-order valence-corrected chi connectivity index (χ2v) is 6.05. The molecule has 0 fully saturated rings. The predicted octanol–water partition coefficient (Wildman–Crippen LogP) is 4.24. The Labute approximate surface area is 156 Å². The van der Waals surface area contributed by atoms with Crippen LogP contribution < -0.4 is 16.0 Å². The van der Waals surface area contributed by atoms with Gasteiger partial charge >= 0.3 is 0 Å². The van der Waals surface area contributed by atoms with Gasteiger partial charge in [0.25, 0.3) is 0 Å². The van der Waals surface area contributed by atoms with E-state index in [1.807, 2.05) is 19.1 Å². The van der Waals surface area contributed by atoms with E-state index in [1.54, 1.807) is 36.4 Å². The average molecular weight is 365 g/mol. The molecule has 0 saturated carbocycles. The molecule has 0 spiro atoms. The van der Waals surface area contributed by atoms with Crippen molar-refractivity contribution in [1.29, 1.82) is 0 Å². The number of hydrogen-bond acceptors (Lipinski definition) is 5. The number of aromatic nitrogens is 2. The van der Waals surface area contributed by atoms with Gasteiger partial charge in [0.05, 0.1) is 0 Å². The quantitative estimate of drug-likeness (QED) is 0.609. The summed E-state index contributed by atoms with van der Waals surface area (Å²) >= 11 is 0. The molecular weight excluding hydrogens is 345 g/mol. The third-order valence-electron chi connectivity index (χ3n) is 3.71. The Morgan fingerprint density at radius 3 is 2.59 bits per heavy atom. The minimum Gasteiger partial charge on any atom is -0.366 e. The molecule has 1 heterocycles. The average Bonchev–Trinajstić information content (AvgIpc) is 2.60. The molecule has 0 aliphatic heterocycles. The second-order valence-electron chi connectivity index (χ2n) is 6.05. The zero-order valence-corrected chi connectivity index (χ0v) is 15.1. The maximum absolute atomic E-state index is 13.8. The molecule has 3 rings (SSSR count). The van der Waals surface area contributed by atoms with Gasteiger partial charge in [0, 0.05) is 42.2 Å². The smallest absolute Gasteiger partial charge is 0.229 e. The van der Waals surface area contributed by atoms with Crippen molar-refractivity contribution in [3.8, 4) is 0 Å². The minimum absolute atomic E-state index is 0.140. The van der Waals surface area contributed by atoms with Gasteiger partial charge in [-0.15, -0.1) is 0 Å². The van der Waals surface area contributed by atoms with Crippen molar-refractivity contribution in [3.05, 3.63) is 71.7 Å². The molecule has 0 saturated heterocycles. The second kappa shape index (κ2) is 8.27. The number of hydrogen-bond donors (Lipinski definition) is 3. The Morgan fingerprint density at radius 1 is 1.04 bits per heavy atom. The van der Waals surface area contributed by atoms with Gasteiger partial charge in [0.1, 0.15) is 11.6 Å². The van der Waals surface area contributed by atoms with Gasteiger partial charge in [-0.1, -0.05) is 24.3 Å². The molecule has 3 N–H and O–H groups in total. The summed E-state index contributed by atoms with van der Waals surface area (Å²) in [7, 11) is 0. The number of carbonyl (C=O) groups excluding carboxylic acids is 1. The predicted molar refractivity (Wildman–Crippen MR) is 105 cm³/mol. The van der Waals surface area contributed by atoms with Crippen molar-refractivity contribution in [1.82, 2.24) is 9.97 Å². The molecule has 6 nitrogen and oxygen atoms in total. The summed E-state index contributed by atoms with van der Waals surface area (Å²) in [5.74, 6) is 0.597. The van der Waals surface area contributed by atoms with Gasteiger partial charge in [0.15, 0.2) is 0 Å². The normalized spacial score (nSPS) is 10.3. The van der Waals surface area contributed by atoms with Gasteiger partial charge in [-0.25, -0.2) is 9.37 Å². The highest BCUT2D eigenvalue weighted by atomic mass is 19.1. The molecular formula is C20H20FN5O. The molecule has 7 heteroatoms. The van der Waals surface area contributed by atoms with Crippen LogP contribution in [-0.4, -0.2) is 15.9 Å². The number of benzene rings is 2. The number of amides is 1. The van der Waals surface area contributed by atoms with Crippen molar-refractivity contribution >= 4 is 29.0 Å². The lowest BCUT2D eigenvalue weighted by Crippen LogP contribution is -2.07. The van der Waals surface area contributed by atoms with Crippen LogP contribution in [-0.2, 0) is 11.3 Å². The number of carbonyl (C=O) groups is 1. The summed E-state index contributed by atoms with van der Waals surface area (Å²) in [5, 5.41) is 8.97. The molecule has 27 heavy (non-hydrogen) atoms. The van der Waals surface area contributed by atoms with Gasteiger partial charge in [-0.3, -0.25) is 4.79 Å². The van der Waals surface area contributed by atoms with Gasteiger partial charge in [-0.05, 0) is 31.2 Å². The molecule has 2 aromatic carbocycles. The van der Waals surface area contributed by atoms with E-state index in [0.29, 0.717) is 29.6 Å². The van der Waals surface area contributed by atoms with Crippen LogP contribution in [0.5, 0.6) is 0 Å². The zero-order chi connectivity index (χ0) is 19.2. The van der Waals surface area contributed by atoms with Crippen molar-refractivity contribution in [3.63, 3.8) is 0 Å². The summed E-state index contributed by atoms with van der Waals surface area (Å²) in [6.45, 7) is 3.63. The summed E-state index contributed by atoms with van der Waals surface area (Å²) in [5.41, 5.74) is 2.75. The van der Waals surface area contributed by atoms with Crippen LogP contribution >= 0.6 is 0 Å². The first kappa shape index (κ1) is 18.3. The lowest BCUT2D eigenvalue weighted by Gasteiger charge is -2.11. The molecule has 3 aromatic rings. The van der Waals surface area contributed by atoms with E-state index >= 15 is 0 Å². The molecule has 138 valence electrons. The van der Waals surface area contributed by atoms with Crippen molar-refractivity contribution in [2.75, 3.05) is 16.0 Å². The SMILES string of the molecule is CC(=O)Nc1cccc(Nc2nc(C)cc(NCc3ccccc3F)n2)c1. The number of nitrogens with one attached hydrogen (secondary N) is 3. The van der Waals surface area contributed by atoms with E-state index < -0.39 is 0 Å². The maximum atomic E-state index is 13.8. The van der Waals surface area contributed by atoms with Crippen LogP contribution in [0.15, 0.2) is 54.6 Å². The third kappa shape index (κ3) is 5.24. The number of nitrogens with zero attached hydrogens (tertiary/aromatic N) is 2. The summed E-state index contributed by atoms with van der Waals surface area (Å²) in [6, 6.07) is 15.7. The molecule has 0 aliphatic rings. The summed E-state index contributed by atoms with van der Waals surface area (Å²) < 4.78 is 13.8. The number of anilines is 4. The standard InChI is InChI=1S/C20H20FN5O/c1-13-10-19(22-12-15-6-3-4-9-18(15)21)26-20(23-13)25-17-8-5-7-16(11-17)24-14(2)27/h3-11H,12H2,1-2H3,(H,24,27)(H2,22,23,25,26). The zero-order valence-electron chi connectivity index (χ0n) is 15.1. The number of halogens is 1. The molecule has 0 radical (unpaired) electrons. The maximum Gasteiger partial charge on any atom is 0.229 e. The first-order valence-corrected chi connectivity index (χ1v) is 8.47. The Hall–Kier alpha value is -3.48. The van der Waals surface area contributed by atoms with Crippen LogP contribution in [0, 0.1) is 12.7 Å². The molecule has 0 unspecified atom stereocenters. The fourth-order valence-corrected chi connectivity index (χ4v) is 2.55. The van der Waals surface area contributed by atoms with E-state index in [1.165, 1.54) is 13.0 Å². The molecule has 0 bridgehead atoms. The van der Waals surface area contributed by atoms with E-state index in [0.717, 1.165) is 11.4 Å². The molecule has 0 aliphatic carbocycles. The van der Waals surface area contributed by atoms with Crippen LogP contribution in [0.25, 0.3) is 0 Å². The van der Waals surface area contributed by atoms with Crippen LogP contribution in [0.4, 0.5) is 27.5 Å². The van der Waals surface area contributed by atoms with Crippen molar-refractivity contribution < 1.29 is 9.18 Å². The topological polar surface area (TPSA) is 78.9 Å². The number of rotatable bonds is 6.